The van der Waals surface area contributed by atoms with E-state index in [1.165, 1.54) is 26.4 Å². The van der Waals surface area contributed by atoms with Crippen LogP contribution in [0.15, 0.2) is 30.3 Å². The van der Waals surface area contributed by atoms with Crippen LogP contribution in [0.1, 0.15) is 45.3 Å². The van der Waals surface area contributed by atoms with Crippen LogP contribution in [-0.4, -0.2) is 45.8 Å². The van der Waals surface area contributed by atoms with Gasteiger partial charge < -0.3 is 28.8 Å². The van der Waals surface area contributed by atoms with Crippen molar-refractivity contribution in [3.63, 3.8) is 0 Å². The molecule has 1 fully saturated rings. The number of benzene rings is 2. The Morgan fingerprint density at radius 1 is 1.03 bits per heavy atom. The summed E-state index contributed by atoms with van der Waals surface area (Å²) >= 11 is 0. The third-order valence-corrected chi connectivity index (χ3v) is 5.32. The maximum absolute atomic E-state index is 13.6. The average Bonchev–Trinajstić information content (AvgIpc) is 2.82. The van der Waals surface area contributed by atoms with Crippen molar-refractivity contribution in [1.82, 2.24) is 0 Å². The van der Waals surface area contributed by atoms with Gasteiger partial charge >= 0.3 is 29.6 Å². The van der Waals surface area contributed by atoms with Gasteiger partial charge in [-0.05, 0) is 36.6 Å². The van der Waals surface area contributed by atoms with Gasteiger partial charge in [0, 0.05) is 23.8 Å². The molecule has 168 valence electrons. The van der Waals surface area contributed by atoms with Crippen molar-refractivity contribution in [3.05, 3.63) is 58.1 Å². The minimum absolute atomic E-state index is 0. The Kier molecular flexibility index (Phi) is 8.33. The van der Waals surface area contributed by atoms with E-state index in [4.69, 9.17) is 23.7 Å². The van der Waals surface area contributed by atoms with Crippen LogP contribution < -0.4 is 44.1 Å². The van der Waals surface area contributed by atoms with Gasteiger partial charge in [-0.25, -0.2) is 0 Å². The van der Waals surface area contributed by atoms with Crippen LogP contribution in [0, 0.1) is 6.92 Å². The van der Waals surface area contributed by atoms with Gasteiger partial charge in [0.05, 0.1) is 25.9 Å². The van der Waals surface area contributed by atoms with Crippen LogP contribution in [0.25, 0.3) is 11.3 Å². The molecule has 0 aromatic heterocycles. The summed E-state index contributed by atoms with van der Waals surface area (Å²) in [4.78, 5) is 26.4. The number of allylic oxidation sites excluding steroid dienone is 1. The summed E-state index contributed by atoms with van der Waals surface area (Å²) in [7, 11) is 2.84. The molecule has 2 aromatic carbocycles. The number of Topliss-reactive ketones (excluding diaryl/α,β-unsaturated/α-hetero) is 2. The second kappa shape index (κ2) is 10.8. The first-order valence-corrected chi connectivity index (χ1v) is 10.2. The molecule has 0 N–H and O–H groups in total. The van der Waals surface area contributed by atoms with Gasteiger partial charge in [-0.15, -0.1) is 0 Å². The molecule has 1 aliphatic heterocycles. The smallest absolute Gasteiger partial charge is 0.872 e. The maximum atomic E-state index is 13.6. The zero-order valence-electron chi connectivity index (χ0n) is 19.1. The molecule has 2 aromatic rings. The van der Waals surface area contributed by atoms with E-state index in [2.05, 4.69) is 0 Å². The normalized spacial score (nSPS) is 16.3. The molecule has 8 nitrogen and oxygen atoms in total. The Bertz CT molecular complexity index is 1100. The van der Waals surface area contributed by atoms with Crippen LogP contribution in [0.5, 0.6) is 11.5 Å². The summed E-state index contributed by atoms with van der Waals surface area (Å²) in [5.74, 6) is -1.94. The Hall–Kier alpha value is -2.20. The molecule has 2 aliphatic rings. The van der Waals surface area contributed by atoms with Gasteiger partial charge in [0.25, 0.3) is 0 Å². The molecule has 0 radical (unpaired) electrons. The van der Waals surface area contributed by atoms with E-state index < -0.39 is 23.6 Å². The largest absolute Gasteiger partial charge is 1.00 e. The minimum Gasteiger partial charge on any atom is -0.872 e. The van der Waals surface area contributed by atoms with Gasteiger partial charge in [-0.1, -0.05) is 24.0 Å². The minimum atomic E-state index is -0.935. The van der Waals surface area contributed by atoms with Gasteiger partial charge in [0.1, 0.15) is 11.5 Å². The fourth-order valence-corrected chi connectivity index (χ4v) is 3.95. The number of hydrogen-bond acceptors (Lipinski definition) is 8. The molecule has 0 spiro atoms. The first kappa shape index (κ1) is 25.4. The molecule has 1 aliphatic carbocycles. The van der Waals surface area contributed by atoms with Crippen molar-refractivity contribution >= 4 is 22.9 Å². The molecule has 0 unspecified atom stereocenters. The van der Waals surface area contributed by atoms with Crippen molar-refractivity contribution in [3.8, 4) is 11.5 Å². The van der Waals surface area contributed by atoms with E-state index in [-0.39, 0.29) is 70.1 Å². The topological polar surface area (TPSA) is 103 Å². The predicted octanol–water partition coefficient (Wildman–Crippen LogP) is -0.580. The van der Waals surface area contributed by atoms with Crippen LogP contribution in [0.2, 0.25) is 0 Å². The van der Waals surface area contributed by atoms with E-state index in [0.717, 1.165) is 12.0 Å². The van der Waals surface area contributed by atoms with Gasteiger partial charge in [0.2, 0.25) is 11.6 Å². The second-order valence-corrected chi connectivity index (χ2v) is 7.45. The van der Waals surface area contributed by atoms with Crippen LogP contribution in [0.4, 0.5) is 0 Å². The molecule has 9 heteroatoms. The zero-order chi connectivity index (χ0) is 22.8. The zero-order valence-corrected chi connectivity index (χ0v) is 21.1. The molecular formula is C24H23NaO8. The second-order valence-electron chi connectivity index (χ2n) is 7.45. The number of rotatable bonds is 6. The standard InChI is InChI=1S/C24H24O8.Na/c1-13-10-15(24-30-8-5-9-31-24)18(17(11-13)32-12-28-2)20-21(25)14-6-4-7-16(29-3)19(14)22(26)23(20)27;/h4,6-7,10-11,24-25H,5,8-9,12H2,1-3H3;/q;+1/p-1. The number of ketones is 2. The van der Waals surface area contributed by atoms with Gasteiger partial charge in [-0.2, -0.15) is 0 Å². The number of carbonyl (C=O) groups excluding carboxylic acids is 2. The Balaban J connectivity index is 0.00000306. The van der Waals surface area contributed by atoms with E-state index in [1.54, 1.807) is 18.2 Å². The maximum Gasteiger partial charge on any atom is 1.00 e. The monoisotopic (exact) mass is 462 g/mol. The van der Waals surface area contributed by atoms with Crippen molar-refractivity contribution in [2.75, 3.05) is 34.2 Å². The Morgan fingerprint density at radius 2 is 1.76 bits per heavy atom. The first-order chi connectivity index (χ1) is 15.5. The van der Waals surface area contributed by atoms with Crippen molar-refractivity contribution in [2.24, 2.45) is 0 Å². The summed E-state index contributed by atoms with van der Waals surface area (Å²) < 4.78 is 27.5. The Labute approximate surface area is 213 Å². The number of ether oxygens (including phenoxy) is 5. The molecule has 0 amide bonds. The molecule has 0 bridgehead atoms. The first-order valence-electron chi connectivity index (χ1n) is 10.2. The third kappa shape index (κ3) is 4.73. The third-order valence-electron chi connectivity index (χ3n) is 5.32. The molecule has 0 saturated carbocycles. The quantitative estimate of drug-likeness (QED) is 0.319. The van der Waals surface area contributed by atoms with Crippen LogP contribution >= 0.6 is 0 Å². The van der Waals surface area contributed by atoms with E-state index in [0.29, 0.717) is 18.8 Å². The van der Waals surface area contributed by atoms with Crippen molar-refractivity contribution in [1.29, 1.82) is 0 Å². The molecule has 1 saturated heterocycles. The summed E-state index contributed by atoms with van der Waals surface area (Å²) in [6.07, 6.45) is -0.0800. The van der Waals surface area contributed by atoms with Gasteiger partial charge in [0.15, 0.2) is 13.1 Å². The summed E-state index contributed by atoms with van der Waals surface area (Å²) in [5.41, 5.74) is 1.21. The van der Waals surface area contributed by atoms with Crippen LogP contribution in [0.3, 0.4) is 0 Å². The van der Waals surface area contributed by atoms with Crippen LogP contribution in [-0.2, 0) is 19.0 Å². The fraction of sp³-hybridized carbons (Fsp3) is 0.333. The molecular weight excluding hydrogens is 439 g/mol. The average molecular weight is 462 g/mol. The summed E-state index contributed by atoms with van der Waals surface area (Å²) in [6, 6.07) is 8.09. The van der Waals surface area contributed by atoms with E-state index >= 15 is 0 Å². The Morgan fingerprint density at radius 3 is 2.42 bits per heavy atom. The number of hydrogen-bond donors (Lipinski definition) is 0. The SMILES string of the molecule is COCOc1cc(C)cc(C2OCCCO2)c1C1=C([O-])c2cccc(OC)c2C(=O)C1=O.[Na+]. The summed E-state index contributed by atoms with van der Waals surface area (Å²) in [5, 5.41) is 13.6. The van der Waals surface area contributed by atoms with Gasteiger partial charge in [-0.3, -0.25) is 9.59 Å². The molecule has 33 heavy (non-hydrogen) atoms. The number of carbonyl (C=O) groups is 2. The van der Waals surface area contributed by atoms with E-state index in [1.807, 2.05) is 6.92 Å². The van der Waals surface area contributed by atoms with Crippen molar-refractivity contribution < 1.29 is 67.9 Å². The number of fused-ring (bicyclic) bond motifs is 1. The fourth-order valence-electron chi connectivity index (χ4n) is 3.95. The van der Waals surface area contributed by atoms with Crippen molar-refractivity contribution in [2.45, 2.75) is 19.6 Å². The molecule has 1 heterocycles. The molecule has 0 atom stereocenters. The number of aryl methyl sites for hydroxylation is 1. The predicted molar refractivity (Wildman–Crippen MR) is 112 cm³/mol. The molecule has 4 rings (SSSR count). The number of methoxy groups -OCH3 is 2. The van der Waals surface area contributed by atoms with E-state index in [9.17, 15) is 14.7 Å². The summed E-state index contributed by atoms with van der Waals surface area (Å²) in [6.45, 7) is 2.65.